The third-order valence-corrected chi connectivity index (χ3v) is 4.31. The van der Waals surface area contributed by atoms with Gasteiger partial charge >= 0.3 is 0 Å². The third-order valence-electron chi connectivity index (χ3n) is 3.87. The van der Waals surface area contributed by atoms with Crippen molar-refractivity contribution in [1.29, 1.82) is 0 Å². The van der Waals surface area contributed by atoms with Gasteiger partial charge in [-0.25, -0.2) is 0 Å². The molecule has 0 amide bonds. The van der Waals surface area contributed by atoms with Crippen LogP contribution in [-0.2, 0) is 6.54 Å². The highest BCUT2D eigenvalue weighted by Gasteiger charge is 2.11. The lowest BCUT2D eigenvalue weighted by molar-refractivity contribution is 0.442. The van der Waals surface area contributed by atoms with E-state index in [1.807, 2.05) is 19.2 Å². The summed E-state index contributed by atoms with van der Waals surface area (Å²) >= 11 is 3.45. The van der Waals surface area contributed by atoms with E-state index < -0.39 is 0 Å². The van der Waals surface area contributed by atoms with Crippen LogP contribution in [0.3, 0.4) is 0 Å². The Kier molecular flexibility index (Phi) is 5.64. The fourth-order valence-corrected chi connectivity index (χ4v) is 3.37. The maximum absolute atomic E-state index is 12.0. The van der Waals surface area contributed by atoms with Crippen molar-refractivity contribution in [3.05, 3.63) is 32.7 Å². The number of nitrogens with one attached hydrogen (secondary N) is 1. The molecule has 0 aliphatic heterocycles. The number of rotatable bonds is 4. The summed E-state index contributed by atoms with van der Waals surface area (Å²) in [6, 6.07) is 2.52. The van der Waals surface area contributed by atoms with Crippen molar-refractivity contribution in [1.82, 2.24) is 9.88 Å². The van der Waals surface area contributed by atoms with Crippen LogP contribution < -0.4 is 10.9 Å². The first kappa shape index (κ1) is 14.8. The van der Waals surface area contributed by atoms with Crippen LogP contribution in [-0.4, -0.2) is 17.2 Å². The zero-order valence-electron chi connectivity index (χ0n) is 11.6. The monoisotopic (exact) mass is 326 g/mol. The van der Waals surface area contributed by atoms with Gasteiger partial charge in [0.15, 0.2) is 0 Å². The lowest BCUT2D eigenvalue weighted by Gasteiger charge is -2.16. The molecule has 0 spiro atoms. The molecule has 1 fully saturated rings. The van der Waals surface area contributed by atoms with Crippen LogP contribution in [0.5, 0.6) is 0 Å². The average Bonchev–Trinajstić information content (AvgIpc) is 2.64. The van der Waals surface area contributed by atoms with E-state index in [1.54, 1.807) is 4.57 Å². The van der Waals surface area contributed by atoms with Gasteiger partial charge in [-0.3, -0.25) is 4.79 Å². The molecule has 3 nitrogen and oxygen atoms in total. The van der Waals surface area contributed by atoms with Crippen LogP contribution in [0.25, 0.3) is 0 Å². The topological polar surface area (TPSA) is 34.0 Å². The van der Waals surface area contributed by atoms with E-state index in [-0.39, 0.29) is 5.56 Å². The van der Waals surface area contributed by atoms with Gasteiger partial charge < -0.3 is 9.88 Å². The second-order valence-electron chi connectivity index (χ2n) is 5.48. The molecular weight excluding hydrogens is 304 g/mol. The predicted molar refractivity (Wildman–Crippen MR) is 82.6 cm³/mol. The van der Waals surface area contributed by atoms with Crippen molar-refractivity contribution < 1.29 is 0 Å². The van der Waals surface area contributed by atoms with E-state index in [1.165, 1.54) is 38.5 Å². The molecule has 1 aliphatic rings. The van der Waals surface area contributed by atoms with E-state index in [0.717, 1.165) is 23.1 Å². The summed E-state index contributed by atoms with van der Waals surface area (Å²) in [7, 11) is 0. The largest absolute Gasteiger partial charge is 0.313 e. The van der Waals surface area contributed by atoms with E-state index in [4.69, 9.17) is 0 Å². The van der Waals surface area contributed by atoms with E-state index in [9.17, 15) is 4.79 Å². The highest BCUT2D eigenvalue weighted by atomic mass is 79.9. The zero-order valence-corrected chi connectivity index (χ0v) is 13.2. The molecule has 0 radical (unpaired) electrons. The molecule has 1 aliphatic carbocycles. The van der Waals surface area contributed by atoms with Crippen LogP contribution in [0.15, 0.2) is 21.5 Å². The molecule has 0 saturated heterocycles. The van der Waals surface area contributed by atoms with Crippen LogP contribution in [0.1, 0.15) is 44.1 Å². The number of pyridine rings is 1. The van der Waals surface area contributed by atoms with Gasteiger partial charge in [0.2, 0.25) is 0 Å². The van der Waals surface area contributed by atoms with Crippen molar-refractivity contribution in [3.8, 4) is 0 Å². The minimum Gasteiger partial charge on any atom is -0.313 e. The summed E-state index contributed by atoms with van der Waals surface area (Å²) in [5, 5.41) is 3.60. The minimum atomic E-state index is 0.117. The molecule has 1 heterocycles. The maximum Gasteiger partial charge on any atom is 0.253 e. The molecule has 1 aromatic heterocycles. The van der Waals surface area contributed by atoms with Crippen LogP contribution in [0.4, 0.5) is 0 Å². The van der Waals surface area contributed by atoms with Gasteiger partial charge in [0.25, 0.3) is 5.56 Å². The summed E-state index contributed by atoms with van der Waals surface area (Å²) in [6.07, 6.45) is 9.88. The maximum atomic E-state index is 12.0. The van der Waals surface area contributed by atoms with Crippen LogP contribution in [0.2, 0.25) is 0 Å². The standard InChI is InChI=1S/C15H23BrN2O/c1-12-10-13(16)11-18(15(12)19)9-8-17-14-6-4-2-3-5-7-14/h10-11,14,17H,2-9H2,1H3. The van der Waals surface area contributed by atoms with E-state index in [0.29, 0.717) is 6.04 Å². The molecule has 2 rings (SSSR count). The number of aromatic nitrogens is 1. The molecule has 106 valence electrons. The summed E-state index contributed by atoms with van der Waals surface area (Å²) < 4.78 is 2.77. The Labute approximate surface area is 123 Å². The number of aryl methyl sites for hydroxylation is 1. The van der Waals surface area contributed by atoms with Gasteiger partial charge in [0.1, 0.15) is 0 Å². The van der Waals surface area contributed by atoms with Crippen molar-refractivity contribution in [2.75, 3.05) is 6.54 Å². The summed E-state index contributed by atoms with van der Waals surface area (Å²) in [6.45, 7) is 3.48. The summed E-state index contributed by atoms with van der Waals surface area (Å²) in [5.74, 6) is 0. The van der Waals surface area contributed by atoms with Gasteiger partial charge in [0, 0.05) is 35.4 Å². The summed E-state index contributed by atoms with van der Waals surface area (Å²) in [4.78, 5) is 12.0. The molecule has 0 atom stereocenters. The second-order valence-corrected chi connectivity index (χ2v) is 6.40. The highest BCUT2D eigenvalue weighted by molar-refractivity contribution is 9.10. The molecule has 0 bridgehead atoms. The normalized spacial score (nSPS) is 17.4. The van der Waals surface area contributed by atoms with Crippen LogP contribution >= 0.6 is 15.9 Å². The van der Waals surface area contributed by atoms with E-state index >= 15 is 0 Å². The van der Waals surface area contributed by atoms with Crippen molar-refractivity contribution >= 4 is 15.9 Å². The fraction of sp³-hybridized carbons (Fsp3) is 0.667. The SMILES string of the molecule is Cc1cc(Br)cn(CCNC2CCCCCC2)c1=O. The molecule has 19 heavy (non-hydrogen) atoms. The Morgan fingerprint density at radius 3 is 2.68 bits per heavy atom. The van der Waals surface area contributed by atoms with Crippen molar-refractivity contribution in [2.24, 2.45) is 0 Å². The number of halogens is 1. The Hall–Kier alpha value is -0.610. The minimum absolute atomic E-state index is 0.117. The lowest BCUT2D eigenvalue weighted by atomic mass is 10.1. The molecule has 0 unspecified atom stereocenters. The van der Waals surface area contributed by atoms with Crippen molar-refractivity contribution in [3.63, 3.8) is 0 Å². The Morgan fingerprint density at radius 1 is 1.32 bits per heavy atom. The van der Waals surface area contributed by atoms with Gasteiger partial charge in [-0.05, 0) is 41.8 Å². The Morgan fingerprint density at radius 2 is 2.00 bits per heavy atom. The molecule has 1 N–H and O–H groups in total. The quantitative estimate of drug-likeness (QED) is 0.862. The first-order valence-corrected chi connectivity index (χ1v) is 8.06. The highest BCUT2D eigenvalue weighted by Crippen LogP contribution is 2.17. The van der Waals surface area contributed by atoms with Gasteiger partial charge in [0.05, 0.1) is 0 Å². The first-order valence-electron chi connectivity index (χ1n) is 7.27. The zero-order chi connectivity index (χ0) is 13.7. The van der Waals surface area contributed by atoms with E-state index in [2.05, 4.69) is 21.2 Å². The van der Waals surface area contributed by atoms with Gasteiger partial charge in [-0.1, -0.05) is 25.7 Å². The number of nitrogens with zero attached hydrogens (tertiary/aromatic N) is 1. The lowest BCUT2D eigenvalue weighted by Crippen LogP contribution is -2.34. The van der Waals surface area contributed by atoms with Gasteiger partial charge in [-0.15, -0.1) is 0 Å². The molecule has 1 saturated carbocycles. The van der Waals surface area contributed by atoms with Crippen molar-refractivity contribution in [2.45, 2.75) is 58.0 Å². The molecular formula is C15H23BrN2O. The Balaban J connectivity index is 1.87. The average molecular weight is 327 g/mol. The predicted octanol–water partition coefficient (Wildman–Crippen LogP) is 3.23. The van der Waals surface area contributed by atoms with Crippen LogP contribution in [0, 0.1) is 6.92 Å². The van der Waals surface area contributed by atoms with Gasteiger partial charge in [-0.2, -0.15) is 0 Å². The number of hydrogen-bond donors (Lipinski definition) is 1. The third kappa shape index (κ3) is 4.46. The Bertz CT molecular complexity index is 462. The first-order chi connectivity index (χ1) is 9.16. The molecule has 1 aromatic rings. The smallest absolute Gasteiger partial charge is 0.253 e. The molecule has 0 aromatic carbocycles. The molecule has 4 heteroatoms. The summed E-state index contributed by atoms with van der Waals surface area (Å²) in [5.41, 5.74) is 0.912. The second kappa shape index (κ2) is 7.25. The number of hydrogen-bond acceptors (Lipinski definition) is 2. The fourth-order valence-electron chi connectivity index (χ4n) is 2.78.